The molecule has 0 radical (unpaired) electrons. The number of hydrogen-bond donors (Lipinski definition) is 0. The number of carbonyl (C=O) groups is 2. The van der Waals surface area contributed by atoms with Gasteiger partial charge in [0.15, 0.2) is 6.10 Å². The second-order valence-corrected chi connectivity index (χ2v) is 32.0. The Morgan fingerprint density at radius 3 is 0.833 bits per heavy atom. The Morgan fingerprint density at radius 2 is 0.562 bits per heavy atom. The molecule has 0 saturated carbocycles. The highest BCUT2D eigenvalue weighted by atomic mass is 31.2. The Balaban J connectivity index is 3.86. The molecule has 0 amide bonds. The maximum atomic E-state index is 12.9. The van der Waals surface area contributed by atoms with E-state index in [0.29, 0.717) is 17.4 Å². The second kappa shape index (κ2) is 77.4. The summed E-state index contributed by atoms with van der Waals surface area (Å²) < 4.78 is 34.5. The molecule has 0 heterocycles. The number of rotatable bonds is 81. The fourth-order valence-electron chi connectivity index (χ4n) is 13.1. The average Bonchev–Trinajstić information content (AvgIpc) is 1.48. The van der Waals surface area contributed by atoms with Crippen LogP contribution in [0.25, 0.3) is 0 Å². The van der Waals surface area contributed by atoms with E-state index < -0.39 is 26.5 Å². The first kappa shape index (κ1) is 94.2. The Kier molecular flexibility index (Phi) is 76.0. The number of quaternary nitrogens is 1. The van der Waals surface area contributed by atoms with E-state index >= 15 is 0 Å². The quantitative estimate of drug-likeness (QED) is 0.0195. The first-order valence-electron chi connectivity index (χ1n) is 42.7. The zero-order chi connectivity index (χ0) is 69.7. The summed E-state index contributed by atoms with van der Waals surface area (Å²) in [7, 11) is 1.19. The molecule has 2 unspecified atom stereocenters. The van der Waals surface area contributed by atoms with Crippen molar-refractivity contribution in [2.45, 2.75) is 457 Å². The van der Waals surface area contributed by atoms with Gasteiger partial charge in [-0.25, -0.2) is 0 Å². The van der Waals surface area contributed by atoms with Crippen molar-refractivity contribution in [3.05, 3.63) is 36.5 Å². The molecule has 0 aliphatic carbocycles. The molecule has 0 spiro atoms. The van der Waals surface area contributed by atoms with Gasteiger partial charge in [0.05, 0.1) is 27.7 Å². The molecule has 0 aromatic carbocycles. The molecule has 0 rings (SSSR count). The highest BCUT2D eigenvalue weighted by Gasteiger charge is 2.22. The molecule has 0 saturated heterocycles. The third kappa shape index (κ3) is 81.2. The first-order chi connectivity index (χ1) is 47.0. The third-order valence-electron chi connectivity index (χ3n) is 19.7. The standard InChI is InChI=1S/C86H166NO8P/c1-6-8-10-12-14-16-18-20-22-24-26-28-30-32-34-36-38-40-41-42-43-44-45-47-48-50-52-54-56-58-60-62-64-66-68-70-72-74-76-78-85(88)92-82-84(83-94-96(90,91)93-81-80-87(3,4)5)95-86(89)79-77-75-73-71-69-67-65-63-61-59-57-55-53-51-49-46-39-37-35-33-31-29-27-25-23-21-19-17-15-13-11-9-7-2/h19,21,25,27,31,33,84H,6-18,20,22-24,26,28-30,32,34-83H2,1-5H3/b21-19-,27-25-,33-31-. The van der Waals surface area contributed by atoms with Crippen molar-refractivity contribution >= 4 is 19.8 Å². The van der Waals surface area contributed by atoms with E-state index in [9.17, 15) is 19.0 Å². The summed E-state index contributed by atoms with van der Waals surface area (Å²) in [5.74, 6) is -0.807. The summed E-state index contributed by atoms with van der Waals surface area (Å²) in [6, 6.07) is 0. The number of hydrogen-bond acceptors (Lipinski definition) is 8. The van der Waals surface area contributed by atoms with E-state index in [1.54, 1.807) is 0 Å². The van der Waals surface area contributed by atoms with Crippen molar-refractivity contribution in [3.8, 4) is 0 Å². The molecule has 0 fully saturated rings. The molecular formula is C86H166NO8P. The number of likely N-dealkylation sites (N-methyl/N-ethyl adjacent to an activating group) is 1. The summed E-state index contributed by atoms with van der Waals surface area (Å²) in [5.41, 5.74) is 0. The Hall–Kier alpha value is -1.77. The van der Waals surface area contributed by atoms with Crippen LogP contribution < -0.4 is 4.89 Å². The number of esters is 2. The van der Waals surface area contributed by atoms with Gasteiger partial charge in [-0.1, -0.05) is 423 Å². The highest BCUT2D eigenvalue weighted by molar-refractivity contribution is 7.45. The number of phosphoric ester groups is 1. The predicted molar refractivity (Wildman–Crippen MR) is 416 cm³/mol. The molecule has 568 valence electrons. The molecule has 96 heavy (non-hydrogen) atoms. The normalized spacial score (nSPS) is 13.1. The van der Waals surface area contributed by atoms with Crippen LogP contribution in [0.5, 0.6) is 0 Å². The number of nitrogens with zero attached hydrogens (tertiary/aromatic N) is 1. The number of phosphoric acid groups is 1. The van der Waals surface area contributed by atoms with Crippen LogP contribution >= 0.6 is 7.82 Å². The number of carbonyl (C=O) groups excluding carboxylic acids is 2. The van der Waals surface area contributed by atoms with Crippen LogP contribution in [0, 0.1) is 0 Å². The highest BCUT2D eigenvalue weighted by Crippen LogP contribution is 2.38. The lowest BCUT2D eigenvalue weighted by molar-refractivity contribution is -0.870. The lowest BCUT2D eigenvalue weighted by Gasteiger charge is -2.28. The molecular weight excluding hydrogens is 1210 g/mol. The molecule has 9 nitrogen and oxygen atoms in total. The number of ether oxygens (including phenoxy) is 2. The van der Waals surface area contributed by atoms with Gasteiger partial charge in [0.1, 0.15) is 19.8 Å². The largest absolute Gasteiger partial charge is 0.756 e. The maximum absolute atomic E-state index is 12.9. The molecule has 0 N–H and O–H groups in total. The summed E-state index contributed by atoms with van der Waals surface area (Å²) in [5, 5.41) is 0. The van der Waals surface area contributed by atoms with E-state index in [4.69, 9.17) is 18.5 Å². The van der Waals surface area contributed by atoms with Gasteiger partial charge in [-0.05, 0) is 51.4 Å². The Bertz CT molecular complexity index is 1710. The van der Waals surface area contributed by atoms with Gasteiger partial charge < -0.3 is 27.9 Å². The van der Waals surface area contributed by atoms with Crippen molar-refractivity contribution in [1.82, 2.24) is 0 Å². The average molecular weight is 1370 g/mol. The zero-order valence-corrected chi connectivity index (χ0v) is 66.0. The van der Waals surface area contributed by atoms with Crippen LogP contribution in [0.1, 0.15) is 450 Å². The van der Waals surface area contributed by atoms with Gasteiger partial charge in [-0.15, -0.1) is 0 Å². The summed E-state index contributed by atoms with van der Waals surface area (Å²) in [4.78, 5) is 38.2. The monoisotopic (exact) mass is 1370 g/mol. The predicted octanol–water partition coefficient (Wildman–Crippen LogP) is 27.9. The second-order valence-electron chi connectivity index (χ2n) is 30.6. The van der Waals surface area contributed by atoms with Crippen LogP contribution in [-0.4, -0.2) is 70.0 Å². The molecule has 0 aromatic rings. The van der Waals surface area contributed by atoms with Gasteiger partial charge in [0, 0.05) is 12.8 Å². The van der Waals surface area contributed by atoms with Crippen molar-refractivity contribution in [2.75, 3.05) is 47.5 Å². The topological polar surface area (TPSA) is 111 Å². The minimum absolute atomic E-state index is 0.0275. The van der Waals surface area contributed by atoms with Gasteiger partial charge >= 0.3 is 11.9 Å². The summed E-state index contributed by atoms with van der Waals surface area (Å²) in [6.45, 7) is 4.32. The van der Waals surface area contributed by atoms with E-state index in [2.05, 4.69) is 50.3 Å². The Labute approximate surface area is 599 Å². The molecule has 0 aromatic heterocycles. The van der Waals surface area contributed by atoms with E-state index in [0.717, 1.165) is 44.9 Å². The first-order valence-corrected chi connectivity index (χ1v) is 44.2. The fraction of sp³-hybridized carbons (Fsp3) is 0.907. The number of allylic oxidation sites excluding steroid dienone is 6. The minimum atomic E-state index is -4.64. The van der Waals surface area contributed by atoms with E-state index in [1.807, 2.05) is 21.1 Å². The summed E-state index contributed by atoms with van der Waals surface area (Å²) >= 11 is 0. The Morgan fingerprint density at radius 1 is 0.323 bits per heavy atom. The SMILES string of the molecule is CCCCCCC/C=C\C/C=C\C/C=C\CCCCCCCCCCCCCCCCCCCCC(=O)OC(COC(=O)CCCCCCCCCCCCCCCCCCCCCCCCCCCCCCCCCCCCCCCCC)COP(=O)([O-])OCC[N+](C)(C)C. The zero-order valence-electron chi connectivity index (χ0n) is 65.1. The molecule has 2 atom stereocenters. The number of unbranched alkanes of at least 4 members (excludes halogenated alkanes) is 61. The van der Waals surface area contributed by atoms with Crippen molar-refractivity contribution < 1.29 is 42.1 Å². The van der Waals surface area contributed by atoms with Crippen LogP contribution in [0.15, 0.2) is 36.5 Å². The van der Waals surface area contributed by atoms with Crippen LogP contribution in [0.4, 0.5) is 0 Å². The van der Waals surface area contributed by atoms with Gasteiger partial charge in [-0.3, -0.25) is 14.2 Å². The maximum Gasteiger partial charge on any atom is 0.306 e. The fourth-order valence-corrected chi connectivity index (χ4v) is 13.9. The lowest BCUT2D eigenvalue weighted by atomic mass is 10.0. The minimum Gasteiger partial charge on any atom is -0.756 e. The molecule has 10 heteroatoms. The van der Waals surface area contributed by atoms with Crippen molar-refractivity contribution in [1.29, 1.82) is 0 Å². The molecule has 0 aliphatic heterocycles. The third-order valence-corrected chi connectivity index (χ3v) is 20.6. The molecule has 0 aliphatic rings. The van der Waals surface area contributed by atoms with Crippen LogP contribution in [0.2, 0.25) is 0 Å². The van der Waals surface area contributed by atoms with Gasteiger partial charge in [0.2, 0.25) is 0 Å². The van der Waals surface area contributed by atoms with Crippen molar-refractivity contribution in [2.24, 2.45) is 0 Å². The van der Waals surface area contributed by atoms with Crippen LogP contribution in [-0.2, 0) is 32.7 Å². The summed E-state index contributed by atoms with van der Waals surface area (Å²) in [6.07, 6.45) is 102. The van der Waals surface area contributed by atoms with Gasteiger partial charge in [0.25, 0.3) is 7.82 Å². The van der Waals surface area contributed by atoms with E-state index in [-0.39, 0.29) is 32.0 Å². The lowest BCUT2D eigenvalue weighted by Crippen LogP contribution is -2.37. The van der Waals surface area contributed by atoms with E-state index in [1.165, 1.54) is 372 Å². The van der Waals surface area contributed by atoms with Crippen molar-refractivity contribution in [3.63, 3.8) is 0 Å². The van der Waals surface area contributed by atoms with Crippen LogP contribution in [0.3, 0.4) is 0 Å². The van der Waals surface area contributed by atoms with Gasteiger partial charge in [-0.2, -0.15) is 0 Å². The smallest absolute Gasteiger partial charge is 0.306 e. The molecule has 0 bridgehead atoms.